The number of carbonyl (C=O) groups excluding carboxylic acids is 3. The molecule has 0 N–H and O–H groups in total. The Labute approximate surface area is 243 Å². The van der Waals surface area contributed by atoms with Crippen LogP contribution < -0.4 is 0 Å². The molecule has 3 heterocycles. The highest BCUT2D eigenvalue weighted by Crippen LogP contribution is 2.37. The number of piperidine rings is 1. The van der Waals surface area contributed by atoms with E-state index in [0.29, 0.717) is 71.5 Å². The minimum Gasteiger partial charge on any atom is -0.453 e. The molecule has 3 amide bonds. The summed E-state index contributed by atoms with van der Waals surface area (Å²) in [5.41, 5.74) is -0.719. The van der Waals surface area contributed by atoms with Crippen LogP contribution in [0.4, 0.5) is 18.4 Å². The molecule has 1 aliphatic carbocycles. The minimum absolute atomic E-state index is 0.0515. The lowest BCUT2D eigenvalue weighted by atomic mass is 9.81. The molecule has 0 atom stereocenters. The molecule has 4 aliphatic rings. The third-order valence-corrected chi connectivity index (χ3v) is 8.99. The number of methoxy groups -OCH3 is 1. The first-order valence-corrected chi connectivity index (χ1v) is 14.6. The smallest absolute Gasteiger partial charge is 0.410 e. The lowest BCUT2D eigenvalue weighted by Crippen LogP contribution is -2.47. The number of nitriles is 1. The number of hydrogen-bond donors (Lipinski definition) is 0. The van der Waals surface area contributed by atoms with Gasteiger partial charge >= 0.3 is 12.2 Å². The van der Waals surface area contributed by atoms with Gasteiger partial charge in [0.1, 0.15) is 17.2 Å². The third kappa shape index (κ3) is 6.60. The van der Waals surface area contributed by atoms with Crippen molar-refractivity contribution < 1.29 is 37.5 Å². The summed E-state index contributed by atoms with van der Waals surface area (Å²) >= 11 is 0. The molecule has 3 aliphatic heterocycles. The molecule has 42 heavy (non-hydrogen) atoms. The number of carbonyl (C=O) groups is 3. The Morgan fingerprint density at radius 2 is 1.76 bits per heavy atom. The van der Waals surface area contributed by atoms with Crippen LogP contribution in [-0.4, -0.2) is 103 Å². The van der Waals surface area contributed by atoms with Crippen LogP contribution in [-0.2, 0) is 25.7 Å². The lowest BCUT2D eigenvalue weighted by Gasteiger charge is -2.37. The van der Waals surface area contributed by atoms with E-state index in [4.69, 9.17) is 19.6 Å². The van der Waals surface area contributed by atoms with Gasteiger partial charge in [-0.25, -0.2) is 23.4 Å². The van der Waals surface area contributed by atoms with E-state index in [1.54, 1.807) is 11.0 Å². The van der Waals surface area contributed by atoms with Gasteiger partial charge in [0.25, 0.3) is 0 Å². The molecule has 11 nitrogen and oxygen atoms in total. The van der Waals surface area contributed by atoms with E-state index < -0.39 is 23.3 Å². The highest BCUT2D eigenvalue weighted by molar-refractivity contribution is 5.78. The number of nitrogens with zero attached hydrogens (tertiary/aromatic N) is 5. The maximum Gasteiger partial charge on any atom is 0.410 e. The van der Waals surface area contributed by atoms with Crippen LogP contribution in [0, 0.1) is 34.8 Å². The van der Waals surface area contributed by atoms with Crippen LogP contribution in [0.25, 0.3) is 0 Å². The summed E-state index contributed by atoms with van der Waals surface area (Å²) in [5.74, 6) is -1.42. The molecule has 0 unspecified atom stereocenters. The Morgan fingerprint density at radius 3 is 2.40 bits per heavy atom. The van der Waals surface area contributed by atoms with Crippen LogP contribution in [0.15, 0.2) is 12.1 Å². The number of ether oxygens (including phenoxy) is 2. The molecule has 0 aromatic heterocycles. The van der Waals surface area contributed by atoms with E-state index in [1.165, 1.54) is 17.1 Å². The van der Waals surface area contributed by atoms with E-state index in [2.05, 4.69) is 0 Å². The van der Waals surface area contributed by atoms with Crippen molar-refractivity contribution in [2.24, 2.45) is 11.8 Å². The molecular weight excluding hydrogens is 552 g/mol. The third-order valence-electron chi connectivity index (χ3n) is 8.99. The quantitative estimate of drug-likeness (QED) is 0.514. The van der Waals surface area contributed by atoms with Crippen molar-refractivity contribution in [1.82, 2.24) is 19.8 Å². The van der Waals surface area contributed by atoms with Gasteiger partial charge in [-0.1, -0.05) is 0 Å². The van der Waals surface area contributed by atoms with Gasteiger partial charge in [0.15, 0.2) is 0 Å². The monoisotopic (exact) mass is 589 g/mol. The Balaban J connectivity index is 1.07. The van der Waals surface area contributed by atoms with Crippen LogP contribution in [0.2, 0.25) is 0 Å². The Bertz CT molecular complexity index is 1200. The summed E-state index contributed by atoms with van der Waals surface area (Å²) in [6, 6.07) is 3.85. The van der Waals surface area contributed by atoms with Gasteiger partial charge in [-0.2, -0.15) is 5.26 Å². The van der Waals surface area contributed by atoms with Crippen LogP contribution >= 0.6 is 0 Å². The zero-order valence-corrected chi connectivity index (χ0v) is 23.9. The summed E-state index contributed by atoms with van der Waals surface area (Å²) in [4.78, 5) is 48.5. The fourth-order valence-electron chi connectivity index (χ4n) is 6.50. The molecule has 228 valence electrons. The first-order chi connectivity index (χ1) is 20.2. The number of likely N-dealkylation sites (tertiary alicyclic amines) is 1. The Morgan fingerprint density at radius 1 is 1.07 bits per heavy atom. The molecule has 3 saturated heterocycles. The molecule has 13 heteroatoms. The summed E-state index contributed by atoms with van der Waals surface area (Å²) in [5, 5.41) is 10.3. The maximum absolute atomic E-state index is 14.4. The number of hydrogen-bond acceptors (Lipinski definition) is 8. The number of halogens is 2. The standard InChI is InChI=1S/C29H37F2N5O6/c1-40-27(38)34-10-11-36(41-13-12-34)26(37)22-4-2-20(3-5-22)17-35-19-29(42-28(35)39)6-8-33(9-7-29)18-23-24(30)14-21(16-32)15-25(23)31/h14-15,20,22H,2-13,17-19H2,1H3. The maximum atomic E-state index is 14.4. The molecule has 5 rings (SSSR count). The highest BCUT2D eigenvalue weighted by atomic mass is 19.1. The number of amides is 3. The van der Waals surface area contributed by atoms with Gasteiger partial charge in [0.2, 0.25) is 5.91 Å². The van der Waals surface area contributed by atoms with E-state index in [9.17, 15) is 23.2 Å². The predicted octanol–water partition coefficient (Wildman–Crippen LogP) is 3.27. The van der Waals surface area contributed by atoms with Crippen molar-refractivity contribution in [3.63, 3.8) is 0 Å². The van der Waals surface area contributed by atoms with Gasteiger partial charge in [-0.3, -0.25) is 14.5 Å². The Hall–Kier alpha value is -3.50. The first-order valence-electron chi connectivity index (χ1n) is 14.6. The fraction of sp³-hybridized carbons (Fsp3) is 0.655. The number of benzene rings is 1. The average Bonchev–Trinajstić information content (AvgIpc) is 3.14. The predicted molar refractivity (Wildman–Crippen MR) is 143 cm³/mol. The second-order valence-electron chi connectivity index (χ2n) is 11.7. The van der Waals surface area contributed by atoms with Crippen molar-refractivity contribution in [1.29, 1.82) is 5.26 Å². The summed E-state index contributed by atoms with van der Waals surface area (Å²) in [6.45, 7) is 3.45. The van der Waals surface area contributed by atoms with Gasteiger partial charge in [0, 0.05) is 57.0 Å². The second-order valence-corrected chi connectivity index (χ2v) is 11.7. The van der Waals surface area contributed by atoms with Gasteiger partial charge in [0.05, 0.1) is 45.0 Å². The zero-order valence-electron chi connectivity index (χ0n) is 23.9. The number of rotatable bonds is 5. The SMILES string of the molecule is COC(=O)N1CCON(C(=O)C2CCC(CN3CC4(CCN(Cc5c(F)cc(C#N)cc5F)CC4)OC3=O)CC2)CC1. The molecule has 0 radical (unpaired) electrons. The van der Waals surface area contributed by atoms with Crippen molar-refractivity contribution in [3.05, 3.63) is 34.9 Å². The highest BCUT2D eigenvalue weighted by Gasteiger charge is 2.47. The largest absolute Gasteiger partial charge is 0.453 e. The molecule has 1 spiro atoms. The minimum atomic E-state index is -0.731. The van der Waals surface area contributed by atoms with Crippen molar-refractivity contribution in [2.75, 3.05) is 59.5 Å². The van der Waals surface area contributed by atoms with E-state index in [1.807, 2.05) is 4.90 Å². The van der Waals surface area contributed by atoms with Gasteiger partial charge < -0.3 is 19.3 Å². The van der Waals surface area contributed by atoms with Crippen molar-refractivity contribution >= 4 is 18.1 Å². The Kier molecular flexibility index (Phi) is 9.13. The van der Waals surface area contributed by atoms with E-state index in [0.717, 1.165) is 25.0 Å². The van der Waals surface area contributed by atoms with Crippen LogP contribution in [0.5, 0.6) is 0 Å². The van der Waals surface area contributed by atoms with Crippen LogP contribution in [0.3, 0.4) is 0 Å². The summed E-state index contributed by atoms with van der Waals surface area (Å²) < 4.78 is 39.4. The molecule has 0 bridgehead atoms. The molecular formula is C29H37F2N5O6. The molecule has 1 saturated carbocycles. The summed E-state index contributed by atoms with van der Waals surface area (Å²) in [7, 11) is 1.33. The van der Waals surface area contributed by atoms with E-state index >= 15 is 0 Å². The van der Waals surface area contributed by atoms with Crippen molar-refractivity contribution in [3.8, 4) is 6.07 Å². The van der Waals surface area contributed by atoms with Gasteiger partial charge in [-0.15, -0.1) is 0 Å². The zero-order chi connectivity index (χ0) is 29.9. The van der Waals surface area contributed by atoms with Crippen LogP contribution in [0.1, 0.15) is 49.7 Å². The normalized spacial score (nSPS) is 24.7. The topological polar surface area (TPSA) is 116 Å². The average molecular weight is 590 g/mol. The molecule has 1 aromatic carbocycles. The number of hydroxylamine groups is 2. The molecule has 1 aromatic rings. The van der Waals surface area contributed by atoms with E-state index in [-0.39, 0.29) is 48.1 Å². The van der Waals surface area contributed by atoms with Gasteiger partial charge in [-0.05, 0) is 43.7 Å². The van der Waals surface area contributed by atoms with Crippen molar-refractivity contribution in [2.45, 2.75) is 50.7 Å². The fourth-order valence-corrected chi connectivity index (χ4v) is 6.50. The molecule has 4 fully saturated rings. The second kappa shape index (κ2) is 12.8. The summed E-state index contributed by atoms with van der Waals surface area (Å²) in [6.07, 6.45) is 3.40. The lowest BCUT2D eigenvalue weighted by molar-refractivity contribution is -0.187. The first kappa shape index (κ1) is 30.0.